The molecule has 0 aromatic heterocycles. The normalized spacial score (nSPS) is 12.3. The van der Waals surface area contributed by atoms with Crippen LogP contribution in [0.3, 0.4) is 0 Å². The summed E-state index contributed by atoms with van der Waals surface area (Å²) < 4.78 is 54.9. The molecule has 16 heteroatoms. The van der Waals surface area contributed by atoms with Gasteiger partial charge in [-0.25, -0.2) is 26.3 Å². The molecule has 0 heterocycles. The Kier molecular flexibility index (Phi) is 6.92. The highest BCUT2D eigenvalue weighted by molar-refractivity contribution is 7.89. The summed E-state index contributed by atoms with van der Waals surface area (Å²) in [6.07, 6.45) is 0. The van der Waals surface area contributed by atoms with Crippen molar-refractivity contribution in [3.05, 3.63) is 61.2 Å². The van der Waals surface area contributed by atoms with Crippen molar-refractivity contribution in [2.24, 2.45) is 0 Å². The Labute approximate surface area is 204 Å². The molecule has 186 valence electrons. The van der Waals surface area contributed by atoms with Crippen molar-refractivity contribution in [1.82, 2.24) is 9.44 Å². The summed E-state index contributed by atoms with van der Waals surface area (Å²) in [5.74, 6) is 0. The van der Waals surface area contributed by atoms with Crippen molar-refractivity contribution in [1.29, 1.82) is 10.5 Å². The number of nitrogens with one attached hydrogen (secondary N) is 2. The van der Waals surface area contributed by atoms with Crippen molar-refractivity contribution in [3.8, 4) is 23.3 Å². The van der Waals surface area contributed by atoms with Crippen molar-refractivity contribution in [2.75, 3.05) is 13.1 Å². The molecule has 0 fully saturated rings. The number of benzene rings is 2. The molecule has 2 aromatic carbocycles. The highest BCUT2D eigenvalue weighted by Crippen LogP contribution is 2.54. The zero-order chi connectivity index (χ0) is 27.0. The van der Waals surface area contributed by atoms with Crippen molar-refractivity contribution >= 4 is 37.0 Å². The van der Waals surface area contributed by atoms with E-state index in [-0.39, 0.29) is 29.8 Å². The molecule has 0 bridgehead atoms. The Bertz CT molecular complexity index is 1540. The second-order valence-electron chi connectivity index (χ2n) is 7.22. The average molecular weight is 533 g/mol. The van der Waals surface area contributed by atoms with Crippen LogP contribution in [-0.2, 0) is 20.0 Å². The number of hydrogen-bond acceptors (Lipinski definition) is 10. The molecule has 2 aromatic rings. The molecule has 0 unspecified atom stereocenters. The summed E-state index contributed by atoms with van der Waals surface area (Å²) in [5.41, 5.74) is -4.16. The van der Waals surface area contributed by atoms with Crippen LogP contribution in [0.1, 0.15) is 25.0 Å². The molecule has 0 aliphatic heterocycles. The maximum atomic E-state index is 12.7. The maximum Gasteiger partial charge on any atom is 0.279 e. The number of sulfonamides is 2. The Morgan fingerprint density at radius 1 is 0.806 bits per heavy atom. The fraction of sp³-hybridized carbons (Fsp3) is 0.200. The lowest BCUT2D eigenvalue weighted by Gasteiger charge is -2.09. The molecule has 0 spiro atoms. The number of allylic oxidation sites excluding steroid dienone is 1. The minimum atomic E-state index is -4.29. The SMILES string of the molecule is CCNS(=O)(=O)c1cc2c(c([N+](=O)[O-])c1)-c1c(cc(S(=O)(=O)NCC)cc1[N+](=O)[O-])C2=C(C#N)C#N. The minimum absolute atomic E-state index is 0.0606. The van der Waals surface area contributed by atoms with E-state index < -0.39 is 67.8 Å². The van der Waals surface area contributed by atoms with Crippen LogP contribution >= 0.6 is 0 Å². The van der Waals surface area contributed by atoms with Gasteiger partial charge in [-0.15, -0.1) is 0 Å². The zero-order valence-electron chi connectivity index (χ0n) is 18.6. The van der Waals surface area contributed by atoms with Crippen molar-refractivity contribution in [2.45, 2.75) is 23.6 Å². The van der Waals surface area contributed by atoms with Crippen LogP contribution in [-0.4, -0.2) is 39.8 Å². The lowest BCUT2D eigenvalue weighted by molar-refractivity contribution is -0.386. The van der Waals surface area contributed by atoms with Gasteiger partial charge in [-0.3, -0.25) is 20.2 Å². The monoisotopic (exact) mass is 532 g/mol. The molecule has 2 N–H and O–H groups in total. The molecular formula is C20H16N6O8S2. The molecule has 1 aliphatic carbocycles. The number of fused-ring (bicyclic) bond motifs is 3. The third-order valence-corrected chi connectivity index (χ3v) is 8.18. The van der Waals surface area contributed by atoms with Gasteiger partial charge in [0.2, 0.25) is 20.0 Å². The summed E-state index contributed by atoms with van der Waals surface area (Å²) in [6, 6.07) is 6.49. The molecule has 0 amide bonds. The molecule has 3 rings (SSSR count). The quantitative estimate of drug-likeness (QED) is 0.243. The minimum Gasteiger partial charge on any atom is -0.258 e. The Hall–Kier alpha value is -4.22. The smallest absolute Gasteiger partial charge is 0.258 e. The first-order chi connectivity index (χ1) is 16.8. The van der Waals surface area contributed by atoms with E-state index in [9.17, 15) is 47.6 Å². The number of hydrogen-bond donors (Lipinski definition) is 2. The van der Waals surface area contributed by atoms with E-state index in [4.69, 9.17) is 0 Å². The van der Waals surface area contributed by atoms with E-state index in [1.54, 1.807) is 12.1 Å². The highest BCUT2D eigenvalue weighted by atomic mass is 32.2. The standard InChI is InChI=1S/C20H16N6O8S2/c1-3-23-35(31,32)12-5-14-18(11(9-21)10-22)15-6-13(36(33,34)24-4-2)8-17(26(29)30)20(15)19(14)16(7-12)25(27)28/h5-8,23-24H,3-4H2,1-2H3. The molecule has 0 saturated carbocycles. The lowest BCUT2D eigenvalue weighted by Crippen LogP contribution is -2.23. The molecule has 0 atom stereocenters. The van der Waals surface area contributed by atoms with Crippen LogP contribution in [0, 0.1) is 42.9 Å². The zero-order valence-corrected chi connectivity index (χ0v) is 20.2. The number of nitro benzene ring substituents is 2. The summed E-state index contributed by atoms with van der Waals surface area (Å²) in [4.78, 5) is 20.9. The van der Waals surface area contributed by atoms with Gasteiger partial charge in [0.25, 0.3) is 11.4 Å². The van der Waals surface area contributed by atoms with Crippen LogP contribution in [0.15, 0.2) is 39.6 Å². The molecule has 0 radical (unpaired) electrons. The Morgan fingerprint density at radius 2 is 1.17 bits per heavy atom. The van der Waals surface area contributed by atoms with Gasteiger partial charge in [0.15, 0.2) is 0 Å². The van der Waals surface area contributed by atoms with Crippen molar-refractivity contribution < 1.29 is 26.7 Å². The lowest BCUT2D eigenvalue weighted by atomic mass is 9.99. The van der Waals surface area contributed by atoms with Gasteiger partial charge in [-0.05, 0) is 12.1 Å². The largest absolute Gasteiger partial charge is 0.279 e. The Balaban J connectivity index is 2.63. The van der Waals surface area contributed by atoms with Gasteiger partial charge in [0, 0.05) is 41.9 Å². The van der Waals surface area contributed by atoms with Crippen molar-refractivity contribution in [3.63, 3.8) is 0 Å². The van der Waals surface area contributed by atoms with Crippen LogP contribution < -0.4 is 9.44 Å². The Morgan fingerprint density at radius 3 is 1.44 bits per heavy atom. The highest BCUT2D eigenvalue weighted by Gasteiger charge is 2.41. The summed E-state index contributed by atoms with van der Waals surface area (Å²) in [6.45, 7) is 2.82. The van der Waals surface area contributed by atoms with Gasteiger partial charge < -0.3 is 0 Å². The van der Waals surface area contributed by atoms with Gasteiger partial charge in [-0.2, -0.15) is 10.5 Å². The summed E-state index contributed by atoms with van der Waals surface area (Å²) in [5, 5.41) is 43.1. The van der Waals surface area contributed by atoms with E-state index >= 15 is 0 Å². The molecular weight excluding hydrogens is 516 g/mol. The fourth-order valence-electron chi connectivity index (χ4n) is 3.82. The van der Waals surface area contributed by atoms with Crippen LogP contribution in [0.4, 0.5) is 11.4 Å². The second kappa shape index (κ2) is 9.44. The first-order valence-corrected chi connectivity index (χ1v) is 13.0. The molecule has 36 heavy (non-hydrogen) atoms. The molecule has 0 saturated heterocycles. The van der Waals surface area contributed by atoms with Gasteiger partial charge in [0.05, 0.1) is 30.8 Å². The van der Waals surface area contributed by atoms with Crippen LogP contribution in [0.2, 0.25) is 0 Å². The number of rotatable bonds is 8. The van der Waals surface area contributed by atoms with Crippen LogP contribution in [0.25, 0.3) is 16.7 Å². The number of nitriles is 2. The second-order valence-corrected chi connectivity index (χ2v) is 10.8. The van der Waals surface area contributed by atoms with Crippen LogP contribution in [0.5, 0.6) is 0 Å². The third-order valence-electron chi connectivity index (χ3n) is 5.13. The van der Waals surface area contributed by atoms with E-state index in [2.05, 4.69) is 9.44 Å². The average Bonchev–Trinajstić information content (AvgIpc) is 3.13. The predicted molar refractivity (Wildman–Crippen MR) is 124 cm³/mol. The predicted octanol–water partition coefficient (Wildman–Crippen LogP) is 1.93. The van der Waals surface area contributed by atoms with Gasteiger partial charge in [0.1, 0.15) is 17.7 Å². The third kappa shape index (κ3) is 4.30. The molecule has 14 nitrogen and oxygen atoms in total. The van der Waals surface area contributed by atoms with E-state index in [0.717, 1.165) is 12.1 Å². The summed E-state index contributed by atoms with van der Waals surface area (Å²) >= 11 is 0. The maximum absolute atomic E-state index is 12.7. The van der Waals surface area contributed by atoms with E-state index in [1.807, 2.05) is 0 Å². The van der Waals surface area contributed by atoms with E-state index in [1.165, 1.54) is 13.8 Å². The summed E-state index contributed by atoms with van der Waals surface area (Å²) in [7, 11) is -8.57. The first-order valence-electron chi connectivity index (χ1n) is 10.0. The van der Waals surface area contributed by atoms with E-state index in [0.29, 0.717) is 12.1 Å². The van der Waals surface area contributed by atoms with Gasteiger partial charge in [-0.1, -0.05) is 13.8 Å². The number of nitro groups is 2. The number of nitrogens with zero attached hydrogens (tertiary/aromatic N) is 4. The topological polar surface area (TPSA) is 226 Å². The fourth-order valence-corrected chi connectivity index (χ4v) is 5.99. The first kappa shape index (κ1) is 26.4. The molecule has 1 aliphatic rings. The van der Waals surface area contributed by atoms with Gasteiger partial charge >= 0.3 is 0 Å².